The summed E-state index contributed by atoms with van der Waals surface area (Å²) in [5.74, 6) is 0.384. The fraction of sp³-hybridized carbons (Fsp3) is 0.235. The molecular weight excluding hydrogens is 340 g/mol. The van der Waals surface area contributed by atoms with Gasteiger partial charge in [0.05, 0.1) is 16.8 Å². The van der Waals surface area contributed by atoms with Crippen molar-refractivity contribution in [2.75, 3.05) is 19.4 Å². The Bertz CT molecular complexity index is 990. The lowest BCUT2D eigenvalue weighted by molar-refractivity contribution is 0.103. The zero-order chi connectivity index (χ0) is 18.1. The highest BCUT2D eigenvalue weighted by molar-refractivity contribution is 7.20. The number of phenolic OH excluding ortho intramolecular Hbond substituents is 1. The molecule has 3 rings (SSSR count). The molecule has 1 amide bonds. The quantitative estimate of drug-likeness (QED) is 0.622. The molecule has 0 fully saturated rings. The number of fused-ring (bicyclic) bond motifs is 1. The monoisotopic (exact) mass is 358 g/mol. The average molecular weight is 358 g/mol. The molecule has 7 nitrogen and oxygen atoms in total. The van der Waals surface area contributed by atoms with Gasteiger partial charge in [-0.25, -0.2) is 4.98 Å². The van der Waals surface area contributed by atoms with Crippen LogP contribution in [-0.2, 0) is 6.54 Å². The van der Waals surface area contributed by atoms with E-state index < -0.39 is 0 Å². The van der Waals surface area contributed by atoms with Crippen LogP contribution in [0.2, 0.25) is 0 Å². The van der Waals surface area contributed by atoms with E-state index in [-0.39, 0.29) is 17.2 Å². The number of aromatic nitrogens is 2. The number of aromatic amines is 1. The lowest BCUT2D eigenvalue weighted by Gasteiger charge is -2.07. The van der Waals surface area contributed by atoms with Gasteiger partial charge in [-0.1, -0.05) is 0 Å². The summed E-state index contributed by atoms with van der Waals surface area (Å²) in [6.45, 7) is 2.25. The molecular formula is C17H18N4O3S. The topological polar surface area (TPSA) is 98.3 Å². The minimum atomic E-state index is -0.306. The maximum absolute atomic E-state index is 12.6. The number of rotatable bonds is 4. The number of amides is 1. The molecule has 0 aliphatic rings. The number of anilines is 1. The zero-order valence-corrected chi connectivity index (χ0v) is 14.9. The molecule has 0 radical (unpaired) electrons. The van der Waals surface area contributed by atoms with Crippen LogP contribution in [0.15, 0.2) is 29.1 Å². The van der Waals surface area contributed by atoms with Gasteiger partial charge in [0.25, 0.3) is 11.5 Å². The maximum atomic E-state index is 12.6. The van der Waals surface area contributed by atoms with Gasteiger partial charge in [0.1, 0.15) is 16.4 Å². The van der Waals surface area contributed by atoms with Gasteiger partial charge in [0.2, 0.25) is 0 Å². The Hall–Kier alpha value is -2.71. The predicted octanol–water partition coefficient (Wildman–Crippen LogP) is 2.31. The molecule has 0 aliphatic heterocycles. The number of carbonyl (C=O) groups excluding carboxylic acids is 1. The number of nitrogens with one attached hydrogen (secondary N) is 2. The normalized spacial score (nSPS) is 11.2. The largest absolute Gasteiger partial charge is 0.508 e. The van der Waals surface area contributed by atoms with Crippen LogP contribution >= 0.6 is 11.3 Å². The molecule has 3 N–H and O–H groups in total. The molecule has 0 spiro atoms. The molecule has 0 bridgehead atoms. The first-order valence-corrected chi connectivity index (χ1v) is 8.44. The van der Waals surface area contributed by atoms with Crippen LogP contribution in [0.3, 0.4) is 0 Å². The van der Waals surface area contributed by atoms with Crippen LogP contribution in [0.25, 0.3) is 10.2 Å². The number of nitrogens with zero attached hydrogens (tertiary/aromatic N) is 2. The molecule has 1 aromatic carbocycles. The maximum Gasteiger partial charge on any atom is 0.266 e. The first kappa shape index (κ1) is 17.1. The van der Waals surface area contributed by atoms with E-state index in [1.54, 1.807) is 19.1 Å². The van der Waals surface area contributed by atoms with Crippen molar-refractivity contribution in [3.63, 3.8) is 0 Å². The summed E-state index contributed by atoms with van der Waals surface area (Å²) in [6.07, 6.45) is 0. The number of thiophene rings is 1. The van der Waals surface area contributed by atoms with Gasteiger partial charge in [-0.2, -0.15) is 0 Å². The van der Waals surface area contributed by atoms with E-state index in [2.05, 4.69) is 15.3 Å². The van der Waals surface area contributed by atoms with E-state index in [4.69, 9.17) is 0 Å². The van der Waals surface area contributed by atoms with Gasteiger partial charge in [0.15, 0.2) is 0 Å². The molecule has 0 aliphatic carbocycles. The summed E-state index contributed by atoms with van der Waals surface area (Å²) in [5, 5.41) is 12.5. The number of H-pyrrole nitrogens is 1. The van der Waals surface area contributed by atoms with Crippen LogP contribution in [0.5, 0.6) is 5.75 Å². The van der Waals surface area contributed by atoms with E-state index in [9.17, 15) is 14.7 Å². The first-order chi connectivity index (χ1) is 11.8. The fourth-order valence-corrected chi connectivity index (χ4v) is 3.61. The van der Waals surface area contributed by atoms with Gasteiger partial charge in [0, 0.05) is 5.69 Å². The molecule has 3 aromatic rings. The fourth-order valence-electron chi connectivity index (χ4n) is 2.51. The van der Waals surface area contributed by atoms with E-state index in [1.807, 2.05) is 19.0 Å². The molecule has 25 heavy (non-hydrogen) atoms. The third kappa shape index (κ3) is 3.54. The minimum absolute atomic E-state index is 0.125. The number of aromatic hydroxyl groups is 1. The molecule has 2 heterocycles. The van der Waals surface area contributed by atoms with Gasteiger partial charge < -0.3 is 20.3 Å². The lowest BCUT2D eigenvalue weighted by atomic mass is 10.2. The van der Waals surface area contributed by atoms with Crippen molar-refractivity contribution in [3.8, 4) is 5.75 Å². The average Bonchev–Trinajstić information content (AvgIpc) is 2.86. The van der Waals surface area contributed by atoms with Crippen molar-refractivity contribution in [2.45, 2.75) is 13.5 Å². The van der Waals surface area contributed by atoms with Crippen molar-refractivity contribution < 1.29 is 9.90 Å². The summed E-state index contributed by atoms with van der Waals surface area (Å²) in [7, 11) is 3.78. The number of benzene rings is 1. The van der Waals surface area contributed by atoms with E-state index in [0.717, 1.165) is 0 Å². The summed E-state index contributed by atoms with van der Waals surface area (Å²) >= 11 is 1.20. The van der Waals surface area contributed by atoms with E-state index >= 15 is 0 Å². The summed E-state index contributed by atoms with van der Waals surface area (Å²) in [5.41, 5.74) is 0.940. The highest BCUT2D eigenvalue weighted by atomic mass is 32.1. The van der Waals surface area contributed by atoms with Gasteiger partial charge in [-0.3, -0.25) is 9.59 Å². The Morgan fingerprint density at radius 1 is 1.32 bits per heavy atom. The second-order valence-corrected chi connectivity index (χ2v) is 6.99. The molecule has 130 valence electrons. The smallest absolute Gasteiger partial charge is 0.266 e. The highest BCUT2D eigenvalue weighted by Gasteiger charge is 2.19. The van der Waals surface area contributed by atoms with Gasteiger partial charge in [-0.15, -0.1) is 11.3 Å². The molecule has 0 unspecified atom stereocenters. The standard InChI is InChI=1S/C17H18N4O3S/c1-9-13-15(23)19-12(8-21(2)3)20-17(13)25-14(9)16(24)18-10-4-6-11(22)7-5-10/h4-7,22H,8H2,1-3H3,(H,18,24)(H,19,20,23). The Morgan fingerprint density at radius 3 is 2.64 bits per heavy atom. The molecule has 0 saturated carbocycles. The lowest BCUT2D eigenvalue weighted by Crippen LogP contribution is -2.18. The zero-order valence-electron chi connectivity index (χ0n) is 14.1. The molecule has 8 heteroatoms. The minimum Gasteiger partial charge on any atom is -0.508 e. The predicted molar refractivity (Wildman–Crippen MR) is 98.4 cm³/mol. The molecule has 2 aromatic heterocycles. The van der Waals surface area contributed by atoms with Crippen LogP contribution in [0.4, 0.5) is 5.69 Å². The van der Waals surface area contributed by atoms with E-state index in [0.29, 0.717) is 38.7 Å². The Labute approximate surface area is 148 Å². The van der Waals surface area contributed by atoms with Crippen molar-refractivity contribution in [3.05, 3.63) is 50.9 Å². The summed E-state index contributed by atoms with van der Waals surface area (Å²) in [4.78, 5) is 35.1. The third-order valence-corrected chi connectivity index (χ3v) is 4.83. The van der Waals surface area contributed by atoms with Crippen LogP contribution < -0.4 is 10.9 Å². The highest BCUT2D eigenvalue weighted by Crippen LogP contribution is 2.28. The van der Waals surface area contributed by atoms with Gasteiger partial charge in [-0.05, 0) is 50.8 Å². The SMILES string of the molecule is Cc1c(C(=O)Nc2ccc(O)cc2)sc2nc(CN(C)C)[nH]c(=O)c12. The first-order valence-electron chi connectivity index (χ1n) is 7.62. The summed E-state index contributed by atoms with van der Waals surface area (Å²) < 4.78 is 0. The number of aryl methyl sites for hydroxylation is 1. The second-order valence-electron chi connectivity index (χ2n) is 5.99. The number of carbonyl (C=O) groups is 1. The Kier molecular flexibility index (Phi) is 4.56. The second kappa shape index (κ2) is 6.66. The van der Waals surface area contributed by atoms with E-state index in [1.165, 1.54) is 23.5 Å². The van der Waals surface area contributed by atoms with Crippen molar-refractivity contribution >= 4 is 33.1 Å². The Balaban J connectivity index is 1.97. The van der Waals surface area contributed by atoms with Crippen molar-refractivity contribution in [1.29, 1.82) is 0 Å². The van der Waals surface area contributed by atoms with Crippen LogP contribution in [0.1, 0.15) is 21.1 Å². The summed E-state index contributed by atoms with van der Waals surface area (Å²) in [6, 6.07) is 6.20. The van der Waals surface area contributed by atoms with Crippen molar-refractivity contribution in [1.82, 2.24) is 14.9 Å². The Morgan fingerprint density at radius 2 is 2.00 bits per heavy atom. The molecule has 0 atom stereocenters. The number of phenols is 1. The van der Waals surface area contributed by atoms with Crippen LogP contribution in [-0.4, -0.2) is 40.0 Å². The van der Waals surface area contributed by atoms with Crippen molar-refractivity contribution in [2.24, 2.45) is 0 Å². The van der Waals surface area contributed by atoms with Gasteiger partial charge >= 0.3 is 0 Å². The molecule has 0 saturated heterocycles. The number of hydrogen-bond acceptors (Lipinski definition) is 6. The third-order valence-electron chi connectivity index (χ3n) is 3.65. The van der Waals surface area contributed by atoms with Crippen LogP contribution in [0, 0.1) is 6.92 Å². The number of hydrogen-bond donors (Lipinski definition) is 3.